The first-order valence-electron chi connectivity index (χ1n) is 11.2. The highest BCUT2D eigenvalue weighted by atomic mass is 32.2. The number of benzene rings is 2. The lowest BCUT2D eigenvalue weighted by Gasteiger charge is -2.33. The number of piperidine rings is 1. The predicted octanol–water partition coefficient (Wildman–Crippen LogP) is 2.49. The molecule has 2 aromatic rings. The van der Waals surface area contributed by atoms with Crippen molar-refractivity contribution < 1.29 is 22.7 Å². The minimum atomic E-state index is -3.59. The summed E-state index contributed by atoms with van der Waals surface area (Å²) in [7, 11) is -3.59. The van der Waals surface area contributed by atoms with E-state index in [0.29, 0.717) is 43.1 Å². The van der Waals surface area contributed by atoms with Crippen LogP contribution in [0.2, 0.25) is 0 Å². The van der Waals surface area contributed by atoms with Crippen LogP contribution in [0.15, 0.2) is 46.9 Å². The molecule has 2 N–H and O–H groups in total. The molecule has 0 unspecified atom stereocenters. The number of nitrogens with two attached hydrogens (primary N) is 1. The van der Waals surface area contributed by atoms with Gasteiger partial charge in [0.05, 0.1) is 31.0 Å². The lowest BCUT2D eigenvalue weighted by atomic mass is 9.98. The highest BCUT2D eigenvalue weighted by Gasteiger charge is 2.27. The van der Waals surface area contributed by atoms with Crippen molar-refractivity contribution in [3.8, 4) is 11.5 Å². The molecule has 0 aromatic heterocycles. The van der Waals surface area contributed by atoms with Crippen LogP contribution < -0.4 is 15.2 Å². The molecule has 0 spiro atoms. The highest BCUT2D eigenvalue weighted by molar-refractivity contribution is 7.89. The Bertz CT molecular complexity index is 1150. The minimum absolute atomic E-state index is 0.0392. The van der Waals surface area contributed by atoms with Gasteiger partial charge in [0, 0.05) is 19.0 Å². The number of amidine groups is 1. The standard InChI is InChI=1S/C24H29N3O5S/c1-2-31-20-10-8-17(9-11-20)13-22(28)27-12-4-5-18(14-27)15-32-21-7-3-6-19-16-33(29,30)26-24(25)23(19)21/h3,6-11,18H,2,4-5,12-16H2,1H3,(H2,25,26)/t18-/m0/s1. The van der Waals surface area contributed by atoms with Crippen molar-refractivity contribution in [2.45, 2.75) is 31.9 Å². The Kier molecular flexibility index (Phi) is 6.88. The number of hydrogen-bond donors (Lipinski definition) is 1. The minimum Gasteiger partial charge on any atom is -0.494 e. The Morgan fingerprint density at radius 1 is 1.18 bits per heavy atom. The van der Waals surface area contributed by atoms with Crippen LogP contribution in [0.4, 0.5) is 0 Å². The summed E-state index contributed by atoms with van der Waals surface area (Å²) < 4.78 is 38.9. The molecule has 2 aliphatic rings. The second kappa shape index (κ2) is 9.82. The fourth-order valence-corrected chi connectivity index (χ4v) is 5.41. The molecule has 4 rings (SSSR count). The van der Waals surface area contributed by atoms with E-state index in [1.807, 2.05) is 36.1 Å². The third kappa shape index (κ3) is 5.65. The van der Waals surface area contributed by atoms with Gasteiger partial charge in [-0.05, 0) is 49.1 Å². The fourth-order valence-electron chi connectivity index (χ4n) is 4.32. The lowest BCUT2D eigenvalue weighted by Crippen LogP contribution is -2.42. The molecular formula is C24H29N3O5S. The van der Waals surface area contributed by atoms with Crippen LogP contribution in [-0.4, -0.2) is 51.4 Å². The van der Waals surface area contributed by atoms with Gasteiger partial charge in [-0.25, -0.2) is 8.42 Å². The lowest BCUT2D eigenvalue weighted by molar-refractivity contribution is -0.132. The van der Waals surface area contributed by atoms with Crippen molar-refractivity contribution in [1.29, 1.82) is 0 Å². The zero-order valence-electron chi connectivity index (χ0n) is 18.7. The molecule has 2 aliphatic heterocycles. The van der Waals surface area contributed by atoms with Crippen LogP contribution in [0, 0.1) is 5.92 Å². The van der Waals surface area contributed by atoms with Crippen molar-refractivity contribution in [2.75, 3.05) is 26.3 Å². The number of likely N-dealkylation sites (tertiary alicyclic amines) is 1. The van der Waals surface area contributed by atoms with Gasteiger partial charge in [-0.15, -0.1) is 4.40 Å². The monoisotopic (exact) mass is 471 g/mol. The first-order chi connectivity index (χ1) is 15.8. The van der Waals surface area contributed by atoms with E-state index in [9.17, 15) is 13.2 Å². The van der Waals surface area contributed by atoms with Crippen molar-refractivity contribution >= 4 is 21.8 Å². The summed E-state index contributed by atoms with van der Waals surface area (Å²) in [4.78, 5) is 14.8. The fraction of sp³-hybridized carbons (Fsp3) is 0.417. The Labute approximate surface area is 194 Å². The molecule has 0 radical (unpaired) electrons. The van der Waals surface area contributed by atoms with Crippen LogP contribution >= 0.6 is 0 Å². The van der Waals surface area contributed by atoms with E-state index in [-0.39, 0.29) is 23.4 Å². The summed E-state index contributed by atoms with van der Waals surface area (Å²) in [6, 6.07) is 12.9. The number of rotatable bonds is 7. The molecule has 2 aromatic carbocycles. The zero-order chi connectivity index (χ0) is 23.4. The van der Waals surface area contributed by atoms with Gasteiger partial charge in [-0.1, -0.05) is 24.3 Å². The van der Waals surface area contributed by atoms with Crippen LogP contribution in [0.1, 0.15) is 36.5 Å². The molecule has 1 amide bonds. The topological polar surface area (TPSA) is 111 Å². The first kappa shape index (κ1) is 23.1. The molecule has 8 nitrogen and oxygen atoms in total. The molecule has 0 aliphatic carbocycles. The van der Waals surface area contributed by atoms with Crippen molar-refractivity contribution in [3.63, 3.8) is 0 Å². The van der Waals surface area contributed by atoms with Crippen LogP contribution in [-0.2, 0) is 27.0 Å². The van der Waals surface area contributed by atoms with E-state index in [2.05, 4.69) is 4.40 Å². The second-order valence-corrected chi connectivity index (χ2v) is 10.0. The number of sulfonamides is 1. The maximum Gasteiger partial charge on any atom is 0.259 e. The third-order valence-corrected chi connectivity index (χ3v) is 7.03. The van der Waals surface area contributed by atoms with E-state index < -0.39 is 10.0 Å². The molecule has 0 saturated carbocycles. The Balaban J connectivity index is 1.36. The van der Waals surface area contributed by atoms with Crippen LogP contribution in [0.3, 0.4) is 0 Å². The maximum absolute atomic E-state index is 12.9. The van der Waals surface area contributed by atoms with Gasteiger partial charge in [0.2, 0.25) is 5.91 Å². The molecular weight excluding hydrogens is 442 g/mol. The number of nitrogens with zero attached hydrogens (tertiary/aromatic N) is 2. The second-order valence-electron chi connectivity index (χ2n) is 8.41. The Hall–Kier alpha value is -3.07. The van der Waals surface area contributed by atoms with Gasteiger partial charge in [0.25, 0.3) is 10.0 Å². The van der Waals surface area contributed by atoms with E-state index in [1.165, 1.54) is 0 Å². The SMILES string of the molecule is CCOc1ccc(CC(=O)N2CCC[C@H](COc3cccc4c3C(N)=NS(=O)(=O)C4)C2)cc1. The van der Waals surface area contributed by atoms with E-state index in [0.717, 1.165) is 30.7 Å². The van der Waals surface area contributed by atoms with Crippen LogP contribution in [0.25, 0.3) is 0 Å². The largest absolute Gasteiger partial charge is 0.494 e. The number of ether oxygens (including phenoxy) is 2. The van der Waals surface area contributed by atoms with Crippen molar-refractivity contribution in [1.82, 2.24) is 4.90 Å². The molecule has 0 bridgehead atoms. The molecule has 176 valence electrons. The number of fused-ring (bicyclic) bond motifs is 1. The van der Waals surface area contributed by atoms with E-state index in [1.54, 1.807) is 18.2 Å². The average Bonchev–Trinajstić information content (AvgIpc) is 2.78. The van der Waals surface area contributed by atoms with Crippen LogP contribution in [0.5, 0.6) is 11.5 Å². The van der Waals surface area contributed by atoms with E-state index >= 15 is 0 Å². The first-order valence-corrected chi connectivity index (χ1v) is 12.8. The molecule has 2 heterocycles. The summed E-state index contributed by atoms with van der Waals surface area (Å²) in [5, 5.41) is 0. The van der Waals surface area contributed by atoms with Gasteiger partial charge in [-0.2, -0.15) is 0 Å². The van der Waals surface area contributed by atoms with Gasteiger partial charge in [0.1, 0.15) is 17.3 Å². The maximum atomic E-state index is 12.9. The van der Waals surface area contributed by atoms with E-state index in [4.69, 9.17) is 15.2 Å². The number of carbonyl (C=O) groups excluding carboxylic acids is 1. The summed E-state index contributed by atoms with van der Waals surface area (Å²) in [5.74, 6) is 1.39. The number of carbonyl (C=O) groups is 1. The summed E-state index contributed by atoms with van der Waals surface area (Å²) >= 11 is 0. The summed E-state index contributed by atoms with van der Waals surface area (Å²) in [5.41, 5.74) is 8.02. The number of hydrogen-bond acceptors (Lipinski definition) is 6. The number of amides is 1. The average molecular weight is 472 g/mol. The zero-order valence-corrected chi connectivity index (χ0v) is 19.5. The highest BCUT2D eigenvalue weighted by Crippen LogP contribution is 2.29. The van der Waals surface area contributed by atoms with Gasteiger partial charge in [-0.3, -0.25) is 4.79 Å². The van der Waals surface area contributed by atoms with Gasteiger partial charge >= 0.3 is 0 Å². The predicted molar refractivity (Wildman–Crippen MR) is 126 cm³/mol. The molecule has 1 fully saturated rings. The normalized spacial score (nSPS) is 19.4. The smallest absolute Gasteiger partial charge is 0.259 e. The Morgan fingerprint density at radius 2 is 1.97 bits per heavy atom. The molecule has 9 heteroatoms. The van der Waals surface area contributed by atoms with Gasteiger partial charge < -0.3 is 20.1 Å². The molecule has 1 atom stereocenters. The summed E-state index contributed by atoms with van der Waals surface area (Å²) in [6.07, 6.45) is 2.23. The third-order valence-electron chi connectivity index (χ3n) is 5.88. The van der Waals surface area contributed by atoms with Crippen molar-refractivity contribution in [2.24, 2.45) is 16.0 Å². The molecule has 33 heavy (non-hydrogen) atoms. The summed E-state index contributed by atoms with van der Waals surface area (Å²) in [6.45, 7) is 4.34. The van der Waals surface area contributed by atoms with Crippen molar-refractivity contribution in [3.05, 3.63) is 59.2 Å². The quantitative estimate of drug-likeness (QED) is 0.664. The molecule has 1 saturated heterocycles. The Morgan fingerprint density at radius 3 is 2.73 bits per heavy atom. The van der Waals surface area contributed by atoms with Gasteiger partial charge in [0.15, 0.2) is 0 Å².